The highest BCUT2D eigenvalue weighted by Crippen LogP contribution is 2.19. The number of ether oxygens (including phenoxy) is 1. The first-order chi connectivity index (χ1) is 12.2. The molecule has 1 fully saturated rings. The van der Waals surface area contributed by atoms with Gasteiger partial charge in [0.1, 0.15) is 5.82 Å². The second kappa shape index (κ2) is 9.11. The maximum absolute atomic E-state index is 13.6. The van der Waals surface area contributed by atoms with Crippen LogP contribution in [0.1, 0.15) is 24.8 Å². The summed E-state index contributed by atoms with van der Waals surface area (Å²) in [5.41, 5.74) is 2.01. The Hall–Kier alpha value is -1.72. The average Bonchev–Trinajstić information content (AvgIpc) is 2.65. The van der Waals surface area contributed by atoms with Crippen LogP contribution in [0, 0.1) is 11.7 Å². The van der Waals surface area contributed by atoms with Gasteiger partial charge in [-0.1, -0.05) is 24.3 Å². The molecule has 0 aliphatic carbocycles. The fourth-order valence-corrected chi connectivity index (χ4v) is 3.53. The van der Waals surface area contributed by atoms with E-state index < -0.39 is 0 Å². The number of piperidine rings is 1. The summed E-state index contributed by atoms with van der Waals surface area (Å²) < 4.78 is 19.1. The SMILES string of the molecule is O=C(NCCc1ccccc1F)C1CCN(CC2=CCCOC2)CC1. The predicted octanol–water partition coefficient (Wildman–Crippen LogP) is 2.54. The molecule has 0 unspecified atom stereocenters. The highest BCUT2D eigenvalue weighted by molar-refractivity contribution is 5.78. The minimum Gasteiger partial charge on any atom is -0.377 e. The molecule has 0 radical (unpaired) electrons. The molecule has 1 amide bonds. The van der Waals surface area contributed by atoms with E-state index >= 15 is 0 Å². The fraction of sp³-hybridized carbons (Fsp3) is 0.550. The Labute approximate surface area is 149 Å². The number of nitrogens with one attached hydrogen (secondary N) is 1. The van der Waals surface area contributed by atoms with Crippen LogP contribution in [0.2, 0.25) is 0 Å². The van der Waals surface area contributed by atoms with E-state index in [0.29, 0.717) is 18.5 Å². The molecule has 25 heavy (non-hydrogen) atoms. The summed E-state index contributed by atoms with van der Waals surface area (Å²) in [6.07, 6.45) is 5.60. The van der Waals surface area contributed by atoms with Crippen LogP contribution in [-0.2, 0) is 16.0 Å². The first kappa shape index (κ1) is 18.1. The van der Waals surface area contributed by atoms with Crippen molar-refractivity contribution in [1.82, 2.24) is 10.2 Å². The standard InChI is InChI=1S/C20H27FN2O2/c21-19-6-2-1-5-17(19)7-10-22-20(24)18-8-11-23(12-9-18)14-16-4-3-13-25-15-16/h1-2,4-6,18H,3,7-15H2,(H,22,24). The smallest absolute Gasteiger partial charge is 0.223 e. The zero-order valence-electron chi connectivity index (χ0n) is 14.7. The minimum absolute atomic E-state index is 0.0773. The van der Waals surface area contributed by atoms with Gasteiger partial charge in [0.2, 0.25) is 5.91 Å². The molecule has 0 saturated carbocycles. The monoisotopic (exact) mass is 346 g/mol. The highest BCUT2D eigenvalue weighted by Gasteiger charge is 2.25. The normalized spacial score (nSPS) is 19.5. The number of nitrogens with zero attached hydrogens (tertiary/aromatic N) is 1. The van der Waals surface area contributed by atoms with Crippen molar-refractivity contribution in [1.29, 1.82) is 0 Å². The van der Waals surface area contributed by atoms with E-state index in [1.165, 1.54) is 11.6 Å². The van der Waals surface area contributed by atoms with Gasteiger partial charge in [0.15, 0.2) is 0 Å². The Morgan fingerprint density at radius 2 is 2.08 bits per heavy atom. The van der Waals surface area contributed by atoms with Crippen molar-refractivity contribution in [2.75, 3.05) is 39.4 Å². The van der Waals surface area contributed by atoms with Crippen LogP contribution in [0.25, 0.3) is 0 Å². The van der Waals surface area contributed by atoms with Gasteiger partial charge in [-0.25, -0.2) is 4.39 Å². The quantitative estimate of drug-likeness (QED) is 0.805. The van der Waals surface area contributed by atoms with Crippen LogP contribution in [0.15, 0.2) is 35.9 Å². The Balaban J connectivity index is 1.36. The van der Waals surface area contributed by atoms with Gasteiger partial charge >= 0.3 is 0 Å². The van der Waals surface area contributed by atoms with Gasteiger partial charge in [-0.2, -0.15) is 0 Å². The Bertz CT molecular complexity index is 609. The lowest BCUT2D eigenvalue weighted by Gasteiger charge is -2.32. The number of hydrogen-bond donors (Lipinski definition) is 1. The molecule has 2 heterocycles. The van der Waals surface area contributed by atoms with Crippen LogP contribution in [-0.4, -0.2) is 50.2 Å². The lowest BCUT2D eigenvalue weighted by atomic mass is 9.95. The largest absolute Gasteiger partial charge is 0.377 e. The van der Waals surface area contributed by atoms with Gasteiger partial charge in [0, 0.05) is 19.0 Å². The summed E-state index contributed by atoms with van der Waals surface area (Å²) >= 11 is 0. The van der Waals surface area contributed by atoms with Gasteiger partial charge in [-0.05, 0) is 56.0 Å². The number of hydrogen-bond acceptors (Lipinski definition) is 3. The number of halogens is 1. The molecule has 2 aliphatic rings. The predicted molar refractivity (Wildman–Crippen MR) is 95.8 cm³/mol. The Morgan fingerprint density at radius 1 is 1.28 bits per heavy atom. The number of rotatable bonds is 6. The van der Waals surface area contributed by atoms with Crippen LogP contribution >= 0.6 is 0 Å². The first-order valence-corrected chi connectivity index (χ1v) is 9.21. The van der Waals surface area contributed by atoms with E-state index in [9.17, 15) is 9.18 Å². The molecule has 1 saturated heterocycles. The van der Waals surface area contributed by atoms with Crippen molar-refractivity contribution in [3.05, 3.63) is 47.3 Å². The summed E-state index contributed by atoms with van der Waals surface area (Å²) in [5, 5.41) is 2.97. The first-order valence-electron chi connectivity index (χ1n) is 9.21. The second-order valence-corrected chi connectivity index (χ2v) is 6.89. The third kappa shape index (κ3) is 5.38. The summed E-state index contributed by atoms with van der Waals surface area (Å²) in [5.74, 6) is -0.0179. The van der Waals surface area contributed by atoms with Crippen molar-refractivity contribution in [2.45, 2.75) is 25.7 Å². The molecule has 136 valence electrons. The van der Waals surface area contributed by atoms with Crippen LogP contribution < -0.4 is 5.32 Å². The zero-order valence-corrected chi connectivity index (χ0v) is 14.7. The van der Waals surface area contributed by atoms with E-state index in [-0.39, 0.29) is 17.6 Å². The topological polar surface area (TPSA) is 41.6 Å². The lowest BCUT2D eigenvalue weighted by molar-refractivity contribution is -0.126. The number of carbonyl (C=O) groups is 1. The summed E-state index contributed by atoms with van der Waals surface area (Å²) in [4.78, 5) is 14.7. The lowest BCUT2D eigenvalue weighted by Crippen LogP contribution is -2.42. The second-order valence-electron chi connectivity index (χ2n) is 6.89. The molecule has 4 nitrogen and oxygen atoms in total. The number of likely N-dealkylation sites (tertiary alicyclic amines) is 1. The van der Waals surface area contributed by atoms with E-state index in [2.05, 4.69) is 16.3 Å². The highest BCUT2D eigenvalue weighted by atomic mass is 19.1. The summed E-state index contributed by atoms with van der Waals surface area (Å²) in [7, 11) is 0. The summed E-state index contributed by atoms with van der Waals surface area (Å²) in [6.45, 7) is 4.92. The van der Waals surface area contributed by atoms with E-state index in [4.69, 9.17) is 4.74 Å². The van der Waals surface area contributed by atoms with Crippen LogP contribution in [0.4, 0.5) is 4.39 Å². The maximum Gasteiger partial charge on any atom is 0.223 e. The van der Waals surface area contributed by atoms with E-state index in [1.807, 2.05) is 6.07 Å². The Morgan fingerprint density at radius 3 is 2.80 bits per heavy atom. The van der Waals surface area contributed by atoms with Gasteiger partial charge in [0.05, 0.1) is 13.2 Å². The minimum atomic E-state index is -0.203. The molecule has 0 atom stereocenters. The molecular formula is C20H27FN2O2. The molecule has 3 rings (SSSR count). The molecule has 0 aromatic heterocycles. The van der Waals surface area contributed by atoms with Gasteiger partial charge in [-0.3, -0.25) is 9.69 Å². The van der Waals surface area contributed by atoms with Gasteiger partial charge in [-0.15, -0.1) is 0 Å². The molecule has 0 spiro atoms. The van der Waals surface area contributed by atoms with Crippen molar-refractivity contribution in [3.63, 3.8) is 0 Å². The Kier molecular flexibility index (Phi) is 6.59. The molecule has 5 heteroatoms. The van der Waals surface area contributed by atoms with Crippen molar-refractivity contribution in [2.24, 2.45) is 5.92 Å². The number of carbonyl (C=O) groups excluding carboxylic acids is 1. The van der Waals surface area contributed by atoms with E-state index in [1.54, 1.807) is 12.1 Å². The van der Waals surface area contributed by atoms with Crippen molar-refractivity contribution < 1.29 is 13.9 Å². The summed E-state index contributed by atoms with van der Waals surface area (Å²) in [6, 6.07) is 6.73. The van der Waals surface area contributed by atoms with Crippen LogP contribution in [0.5, 0.6) is 0 Å². The molecular weight excluding hydrogens is 319 g/mol. The van der Waals surface area contributed by atoms with Crippen molar-refractivity contribution >= 4 is 5.91 Å². The zero-order chi connectivity index (χ0) is 17.5. The van der Waals surface area contributed by atoms with Crippen LogP contribution in [0.3, 0.4) is 0 Å². The van der Waals surface area contributed by atoms with Gasteiger partial charge in [0.25, 0.3) is 0 Å². The average molecular weight is 346 g/mol. The number of amides is 1. The molecule has 1 N–H and O–H groups in total. The van der Waals surface area contributed by atoms with Crippen molar-refractivity contribution in [3.8, 4) is 0 Å². The molecule has 0 bridgehead atoms. The van der Waals surface area contributed by atoms with Gasteiger partial charge < -0.3 is 10.1 Å². The molecule has 1 aromatic carbocycles. The third-order valence-electron chi connectivity index (χ3n) is 5.02. The third-order valence-corrected chi connectivity index (χ3v) is 5.02. The molecule has 1 aromatic rings. The van der Waals surface area contributed by atoms with E-state index in [0.717, 1.165) is 52.1 Å². The maximum atomic E-state index is 13.6. The molecule has 2 aliphatic heterocycles. The fourth-order valence-electron chi connectivity index (χ4n) is 3.53. The number of benzene rings is 1.